The van der Waals surface area contributed by atoms with Gasteiger partial charge in [-0.1, -0.05) is 77.4 Å². The lowest BCUT2D eigenvalue weighted by molar-refractivity contribution is -0.0891. The molecular weight excluding hydrogens is 764 g/mol. The fourth-order valence-electron chi connectivity index (χ4n) is 7.21. The van der Waals surface area contributed by atoms with E-state index in [2.05, 4.69) is 32.0 Å². The van der Waals surface area contributed by atoms with E-state index in [9.17, 15) is 4.79 Å². The van der Waals surface area contributed by atoms with Gasteiger partial charge < -0.3 is 28.4 Å². The van der Waals surface area contributed by atoms with E-state index in [0.717, 1.165) is 64.9 Å². The zero-order chi connectivity index (χ0) is 37.3. The van der Waals surface area contributed by atoms with Gasteiger partial charge in [0, 0.05) is 37.9 Å². The number of H-pyrrole nitrogens is 1. The normalized spacial score (nSPS) is 22.0. The molecule has 0 saturated carbocycles. The Morgan fingerprint density at radius 3 is 2.24 bits per heavy atom. The number of amidine groups is 1. The van der Waals surface area contributed by atoms with Crippen LogP contribution in [0.4, 0.5) is 5.95 Å². The van der Waals surface area contributed by atoms with Gasteiger partial charge in [-0.25, -0.2) is 4.98 Å². The van der Waals surface area contributed by atoms with Gasteiger partial charge in [-0.3, -0.25) is 14.3 Å². The predicted octanol–water partition coefficient (Wildman–Crippen LogP) is 7.28. The molecule has 0 amide bonds. The maximum absolute atomic E-state index is 13.2. The number of benzene rings is 3. The van der Waals surface area contributed by atoms with Gasteiger partial charge in [-0.05, 0) is 59.2 Å². The Balaban J connectivity index is 1.18. The second kappa shape index (κ2) is 15.8. The first kappa shape index (κ1) is 37.2. The summed E-state index contributed by atoms with van der Waals surface area (Å²) in [5.41, 5.74) is 1.96. The van der Waals surface area contributed by atoms with Gasteiger partial charge >= 0.3 is 0 Å². The number of aromatic amines is 1. The number of fused-ring (bicyclic) bond motifs is 1. The number of hydrogen-bond acceptors (Lipinski definition) is 12. The molecule has 0 unspecified atom stereocenters. The number of methoxy groups -OCH3 is 2. The summed E-state index contributed by atoms with van der Waals surface area (Å²) < 4.78 is 31.7. The van der Waals surface area contributed by atoms with E-state index in [4.69, 9.17) is 40.3 Å². The molecule has 0 aliphatic carbocycles. The Morgan fingerprint density at radius 2 is 1.63 bits per heavy atom. The highest BCUT2D eigenvalue weighted by atomic mass is 33.2. The third-order valence-corrected chi connectivity index (χ3v) is 19.7. The van der Waals surface area contributed by atoms with Crippen molar-refractivity contribution in [2.24, 2.45) is 4.99 Å². The van der Waals surface area contributed by atoms with Crippen LogP contribution in [0.2, 0.25) is 0 Å². The Bertz CT molecular complexity index is 2180. The van der Waals surface area contributed by atoms with Crippen molar-refractivity contribution >= 4 is 62.2 Å². The van der Waals surface area contributed by atoms with Crippen LogP contribution >= 0.6 is 27.4 Å². The van der Waals surface area contributed by atoms with Crippen LogP contribution in [0.5, 0.6) is 11.5 Å². The van der Waals surface area contributed by atoms with Gasteiger partial charge in [0.15, 0.2) is 15.8 Å². The van der Waals surface area contributed by atoms with Crippen LogP contribution in [0.15, 0.2) is 95.0 Å². The minimum atomic E-state index is -2.22. The highest BCUT2D eigenvalue weighted by Crippen LogP contribution is 2.75. The molecule has 0 radical (unpaired) electrons. The fourth-order valence-corrected chi connectivity index (χ4v) is 16.6. The predicted molar refractivity (Wildman–Crippen MR) is 218 cm³/mol. The minimum Gasteiger partial charge on any atom is -0.497 e. The van der Waals surface area contributed by atoms with E-state index in [0.29, 0.717) is 12.1 Å². The van der Waals surface area contributed by atoms with E-state index in [1.807, 2.05) is 78.3 Å². The molecular formula is C38H41N6O6PS3. The lowest BCUT2D eigenvalue weighted by atomic mass is 9.80. The van der Waals surface area contributed by atoms with Crippen LogP contribution in [-0.2, 0) is 31.4 Å². The molecule has 0 bridgehead atoms. The first-order chi connectivity index (χ1) is 26.3. The summed E-state index contributed by atoms with van der Waals surface area (Å²) in [6, 6.07) is 26.0. The van der Waals surface area contributed by atoms with Gasteiger partial charge in [0.1, 0.15) is 35.3 Å². The molecule has 5 heterocycles. The molecule has 2 aromatic heterocycles. The maximum atomic E-state index is 13.2. The number of nitrogens with zero attached hydrogens (tertiary/aromatic N) is 5. The van der Waals surface area contributed by atoms with Crippen LogP contribution in [0.25, 0.3) is 11.2 Å². The monoisotopic (exact) mass is 804 g/mol. The number of nitrogens with one attached hydrogen (secondary N) is 1. The van der Waals surface area contributed by atoms with Crippen molar-refractivity contribution in [3.05, 3.63) is 112 Å². The zero-order valence-corrected chi connectivity index (χ0v) is 33.5. The summed E-state index contributed by atoms with van der Waals surface area (Å²) in [6.07, 6.45) is 2.43. The lowest BCUT2D eigenvalue weighted by Gasteiger charge is -2.37. The average molecular weight is 805 g/mol. The third kappa shape index (κ3) is 7.35. The van der Waals surface area contributed by atoms with Crippen molar-refractivity contribution in [3.8, 4) is 11.5 Å². The molecule has 0 spiro atoms. The average Bonchev–Trinajstić information content (AvgIpc) is 4.01. The first-order valence-corrected chi connectivity index (χ1v) is 23.7. The van der Waals surface area contributed by atoms with Crippen LogP contribution in [-0.4, -0.2) is 88.4 Å². The van der Waals surface area contributed by atoms with Crippen molar-refractivity contribution in [2.75, 3.05) is 45.9 Å². The van der Waals surface area contributed by atoms with Crippen LogP contribution in [0.1, 0.15) is 42.2 Å². The second-order valence-corrected chi connectivity index (χ2v) is 23.9. The molecule has 3 aromatic carbocycles. The highest BCUT2D eigenvalue weighted by molar-refractivity contribution is 9.00. The Kier molecular flexibility index (Phi) is 10.9. The smallest absolute Gasteiger partial charge is 0.280 e. The molecule has 3 aliphatic heterocycles. The Labute approximate surface area is 326 Å². The number of likely N-dealkylation sites (tertiary alicyclic amines) is 1. The van der Waals surface area contributed by atoms with E-state index in [1.54, 1.807) is 43.3 Å². The molecule has 3 fully saturated rings. The van der Waals surface area contributed by atoms with E-state index in [-0.39, 0.29) is 23.6 Å². The number of aliphatic imine (C=N–C) groups is 1. The third-order valence-electron chi connectivity index (χ3n) is 9.96. The van der Waals surface area contributed by atoms with Gasteiger partial charge in [0.25, 0.3) is 5.56 Å². The zero-order valence-electron chi connectivity index (χ0n) is 30.1. The Morgan fingerprint density at radius 1 is 0.981 bits per heavy atom. The van der Waals surface area contributed by atoms with Crippen molar-refractivity contribution in [1.82, 2.24) is 24.4 Å². The molecule has 3 saturated heterocycles. The maximum Gasteiger partial charge on any atom is 0.280 e. The first-order valence-electron chi connectivity index (χ1n) is 17.8. The summed E-state index contributed by atoms with van der Waals surface area (Å²) in [4.78, 5) is 32.0. The summed E-state index contributed by atoms with van der Waals surface area (Å²) in [7, 11) is 5.30. The number of hydrogen-bond donors (Lipinski definition) is 1. The molecule has 1 N–H and O–H groups in total. The lowest BCUT2D eigenvalue weighted by Crippen LogP contribution is -2.38. The quantitative estimate of drug-likeness (QED) is 0.101. The van der Waals surface area contributed by atoms with Crippen molar-refractivity contribution < 1.29 is 23.5 Å². The van der Waals surface area contributed by atoms with Crippen LogP contribution < -0.4 is 15.0 Å². The number of aromatic nitrogens is 4. The fraction of sp³-hybridized carbons (Fsp3) is 0.368. The summed E-state index contributed by atoms with van der Waals surface area (Å²) in [5.74, 6) is 4.50. The molecule has 16 heteroatoms. The molecule has 5 aromatic rings. The minimum absolute atomic E-state index is 0.157. The van der Waals surface area contributed by atoms with Crippen molar-refractivity contribution in [3.63, 3.8) is 0 Å². The molecule has 8 rings (SSSR count). The van der Waals surface area contributed by atoms with Crippen LogP contribution in [0.3, 0.4) is 0 Å². The molecule has 282 valence electrons. The van der Waals surface area contributed by atoms with Gasteiger partial charge in [-0.15, -0.1) is 0 Å². The van der Waals surface area contributed by atoms with Gasteiger partial charge in [0.05, 0.1) is 33.3 Å². The van der Waals surface area contributed by atoms with Gasteiger partial charge in [-0.2, -0.15) is 9.98 Å². The molecule has 3 atom stereocenters. The number of rotatable bonds is 12. The van der Waals surface area contributed by atoms with E-state index in [1.165, 1.54) is 0 Å². The van der Waals surface area contributed by atoms with E-state index < -0.39 is 28.7 Å². The largest absolute Gasteiger partial charge is 0.497 e. The highest BCUT2D eigenvalue weighted by Gasteiger charge is 2.45. The molecule has 3 aliphatic rings. The standard InChI is InChI=1S/C38H41N6O6PS3/c1-43-19-7-10-32(43)40-37-41-35-34(36(45)42-37)39-24-44(35)33-22-30(50-51(52)53-20-21-54-51)31(49-33)23-48-38(25-8-5-4-6-9-25,26-11-15-28(46-2)16-12-26)27-13-17-29(47-3)18-14-27/h4-6,8-9,11-18,24,30-31,33H,7,10,19-23H2,1-3H3,(H,41,42,45)/b40-32-/t30-,31+,33+/m0/s1. The second-order valence-electron chi connectivity index (χ2n) is 13.2. The summed E-state index contributed by atoms with van der Waals surface area (Å²) in [5, 5.41) is 0. The Hall–Kier alpha value is -3.69. The van der Waals surface area contributed by atoms with Crippen LogP contribution in [0, 0.1) is 0 Å². The molecule has 12 nitrogen and oxygen atoms in total. The topological polar surface area (TPSA) is 125 Å². The van der Waals surface area contributed by atoms with E-state index >= 15 is 0 Å². The van der Waals surface area contributed by atoms with Crippen molar-refractivity contribution in [1.29, 1.82) is 0 Å². The van der Waals surface area contributed by atoms with Gasteiger partial charge in [0.2, 0.25) is 5.95 Å². The molecule has 54 heavy (non-hydrogen) atoms. The summed E-state index contributed by atoms with van der Waals surface area (Å²) >= 11 is 9.57. The number of imidazole rings is 1. The summed E-state index contributed by atoms with van der Waals surface area (Å²) in [6.45, 7) is 1.07. The number of ether oxygens (including phenoxy) is 4. The van der Waals surface area contributed by atoms with Crippen molar-refractivity contribution in [2.45, 2.75) is 43.3 Å². The SMILES string of the molecule is COc1ccc(C(OC[C@H]2O[C@@H](n3cnc4c(=O)[nH]c(/N=C5/CCCN5C)nc43)C[C@@H]2OP2(=S)SCCS2)(c2ccccc2)c2ccc(OC)cc2)cc1.